The normalized spacial score (nSPS) is 11.6. The first-order chi connectivity index (χ1) is 8.54. The van der Waals surface area contributed by atoms with Crippen LogP contribution in [0.3, 0.4) is 0 Å². The Morgan fingerprint density at radius 2 is 2.17 bits per heavy atom. The number of anilines is 1. The molecule has 5 nitrogen and oxygen atoms in total. The van der Waals surface area contributed by atoms with E-state index in [9.17, 15) is 9.59 Å². The topological polar surface area (TPSA) is 58.6 Å². The zero-order valence-corrected chi connectivity index (χ0v) is 11.1. The lowest BCUT2D eigenvalue weighted by atomic mass is 10.0. The third-order valence-electron chi connectivity index (χ3n) is 2.97. The minimum atomic E-state index is -0.380. The lowest BCUT2D eigenvalue weighted by Gasteiger charge is -2.23. The summed E-state index contributed by atoms with van der Waals surface area (Å²) in [6, 6.07) is 5.16. The van der Waals surface area contributed by atoms with Crippen molar-refractivity contribution in [1.29, 1.82) is 0 Å². The second-order valence-corrected chi connectivity index (χ2v) is 3.99. The highest BCUT2D eigenvalue weighted by Crippen LogP contribution is 2.27. The number of carbonyl (C=O) groups is 2. The van der Waals surface area contributed by atoms with E-state index in [0.717, 1.165) is 17.7 Å². The average molecular weight is 250 g/mol. The summed E-state index contributed by atoms with van der Waals surface area (Å²) in [7, 11) is 4.83. The SMILES string of the molecule is CNc1cc(C(=O)OC)ccc1C(C)N(C)C=O. The number of methoxy groups -OCH3 is 1. The maximum atomic E-state index is 11.4. The van der Waals surface area contributed by atoms with Crippen LogP contribution in [0.1, 0.15) is 28.9 Å². The van der Waals surface area contributed by atoms with Gasteiger partial charge in [0.25, 0.3) is 0 Å². The molecule has 0 aliphatic rings. The molecule has 1 atom stereocenters. The lowest BCUT2D eigenvalue weighted by molar-refractivity contribution is -0.118. The molecule has 0 saturated heterocycles. The molecule has 0 radical (unpaired) electrons. The van der Waals surface area contributed by atoms with Gasteiger partial charge in [-0.15, -0.1) is 0 Å². The summed E-state index contributed by atoms with van der Waals surface area (Å²) in [5, 5.41) is 3.02. The summed E-state index contributed by atoms with van der Waals surface area (Å²) in [6.07, 6.45) is 0.776. The van der Waals surface area contributed by atoms with Crippen LogP contribution in [0.4, 0.5) is 5.69 Å². The third-order valence-corrected chi connectivity index (χ3v) is 2.97. The van der Waals surface area contributed by atoms with Gasteiger partial charge in [-0.05, 0) is 24.6 Å². The zero-order chi connectivity index (χ0) is 13.7. The van der Waals surface area contributed by atoms with Crippen LogP contribution in [-0.2, 0) is 9.53 Å². The Morgan fingerprint density at radius 3 is 2.67 bits per heavy atom. The van der Waals surface area contributed by atoms with Crippen molar-refractivity contribution in [3.05, 3.63) is 29.3 Å². The summed E-state index contributed by atoms with van der Waals surface area (Å²) in [5.74, 6) is -0.380. The first kappa shape index (κ1) is 14.0. The quantitative estimate of drug-likeness (QED) is 0.638. The van der Waals surface area contributed by atoms with Crippen LogP contribution in [0.5, 0.6) is 0 Å². The van der Waals surface area contributed by atoms with Crippen molar-refractivity contribution in [2.24, 2.45) is 0 Å². The van der Waals surface area contributed by atoms with E-state index < -0.39 is 0 Å². The summed E-state index contributed by atoms with van der Waals surface area (Å²) in [4.78, 5) is 23.8. The molecule has 1 amide bonds. The number of esters is 1. The molecule has 1 unspecified atom stereocenters. The first-order valence-electron chi connectivity index (χ1n) is 5.62. The van der Waals surface area contributed by atoms with Gasteiger partial charge in [0.2, 0.25) is 6.41 Å². The van der Waals surface area contributed by atoms with Crippen molar-refractivity contribution in [3.8, 4) is 0 Å². The highest BCUT2D eigenvalue weighted by atomic mass is 16.5. The van der Waals surface area contributed by atoms with Crippen molar-refractivity contribution < 1.29 is 14.3 Å². The van der Waals surface area contributed by atoms with Gasteiger partial charge in [-0.3, -0.25) is 4.79 Å². The number of amides is 1. The number of rotatable bonds is 5. The number of carbonyl (C=O) groups excluding carboxylic acids is 2. The Labute approximate surface area is 107 Å². The second kappa shape index (κ2) is 6.05. The average Bonchev–Trinajstić information content (AvgIpc) is 2.43. The molecule has 98 valence electrons. The van der Waals surface area contributed by atoms with E-state index >= 15 is 0 Å². The van der Waals surface area contributed by atoms with Crippen LogP contribution >= 0.6 is 0 Å². The minimum absolute atomic E-state index is 0.0725. The predicted octanol–water partition coefficient (Wildman–Crippen LogP) is 1.66. The van der Waals surface area contributed by atoms with Gasteiger partial charge in [0.1, 0.15) is 0 Å². The minimum Gasteiger partial charge on any atom is -0.465 e. The summed E-state index contributed by atoms with van der Waals surface area (Å²) in [5.41, 5.74) is 2.23. The van der Waals surface area contributed by atoms with Gasteiger partial charge < -0.3 is 15.0 Å². The Balaban J connectivity index is 3.14. The van der Waals surface area contributed by atoms with Crippen LogP contribution in [0.25, 0.3) is 0 Å². The van der Waals surface area contributed by atoms with Crippen LogP contribution in [0, 0.1) is 0 Å². The Bertz CT molecular complexity index is 446. The van der Waals surface area contributed by atoms with Gasteiger partial charge in [0, 0.05) is 19.8 Å². The van der Waals surface area contributed by atoms with Crippen molar-refractivity contribution >= 4 is 18.1 Å². The number of nitrogens with one attached hydrogen (secondary N) is 1. The smallest absolute Gasteiger partial charge is 0.337 e. The molecular weight excluding hydrogens is 232 g/mol. The molecule has 1 N–H and O–H groups in total. The second-order valence-electron chi connectivity index (χ2n) is 3.99. The van der Waals surface area contributed by atoms with E-state index in [0.29, 0.717) is 5.56 Å². The van der Waals surface area contributed by atoms with Gasteiger partial charge >= 0.3 is 5.97 Å². The van der Waals surface area contributed by atoms with E-state index in [2.05, 4.69) is 10.1 Å². The molecule has 0 aliphatic heterocycles. The third kappa shape index (κ3) is 2.80. The fourth-order valence-electron chi connectivity index (χ4n) is 1.69. The fraction of sp³-hybridized carbons (Fsp3) is 0.385. The van der Waals surface area contributed by atoms with E-state index in [1.54, 1.807) is 31.1 Å². The number of nitrogens with zero attached hydrogens (tertiary/aromatic N) is 1. The standard InChI is InChI=1S/C13H18N2O3/c1-9(15(3)8-16)11-6-5-10(13(17)18-4)7-12(11)14-2/h5-9,14H,1-4H3. The Hall–Kier alpha value is -2.04. The van der Waals surface area contributed by atoms with Gasteiger partial charge in [-0.25, -0.2) is 4.79 Å². The van der Waals surface area contributed by atoms with Crippen molar-refractivity contribution in [3.63, 3.8) is 0 Å². The molecule has 0 spiro atoms. The first-order valence-corrected chi connectivity index (χ1v) is 5.62. The summed E-state index contributed by atoms with van der Waals surface area (Å²) < 4.78 is 4.67. The molecule has 1 rings (SSSR count). The van der Waals surface area contributed by atoms with Gasteiger partial charge in [0.05, 0.1) is 18.7 Å². The van der Waals surface area contributed by atoms with Crippen molar-refractivity contribution in [2.45, 2.75) is 13.0 Å². The molecule has 0 saturated carbocycles. The van der Waals surface area contributed by atoms with Gasteiger partial charge in [-0.1, -0.05) is 6.07 Å². The summed E-state index contributed by atoms with van der Waals surface area (Å²) in [6.45, 7) is 1.92. The zero-order valence-electron chi connectivity index (χ0n) is 11.1. The molecule has 0 heterocycles. The summed E-state index contributed by atoms with van der Waals surface area (Å²) >= 11 is 0. The van der Waals surface area contributed by atoms with Gasteiger partial charge in [0.15, 0.2) is 0 Å². The molecule has 18 heavy (non-hydrogen) atoms. The van der Waals surface area contributed by atoms with Crippen molar-refractivity contribution in [1.82, 2.24) is 4.90 Å². The lowest BCUT2D eigenvalue weighted by Crippen LogP contribution is -2.21. The number of ether oxygens (including phenoxy) is 1. The predicted molar refractivity (Wildman–Crippen MR) is 69.6 cm³/mol. The largest absolute Gasteiger partial charge is 0.465 e. The van der Waals surface area contributed by atoms with Gasteiger partial charge in [-0.2, -0.15) is 0 Å². The molecule has 5 heteroatoms. The van der Waals surface area contributed by atoms with E-state index in [4.69, 9.17) is 0 Å². The van der Waals surface area contributed by atoms with Crippen LogP contribution < -0.4 is 5.32 Å². The highest BCUT2D eigenvalue weighted by Gasteiger charge is 2.16. The maximum Gasteiger partial charge on any atom is 0.337 e. The van der Waals surface area contributed by atoms with Crippen molar-refractivity contribution in [2.75, 3.05) is 26.5 Å². The van der Waals surface area contributed by atoms with Crippen LogP contribution in [-0.4, -0.2) is 38.5 Å². The van der Waals surface area contributed by atoms with E-state index in [1.165, 1.54) is 7.11 Å². The highest BCUT2D eigenvalue weighted by molar-refractivity contribution is 5.90. The van der Waals surface area contributed by atoms with Crippen LogP contribution in [0.2, 0.25) is 0 Å². The van der Waals surface area contributed by atoms with E-state index in [-0.39, 0.29) is 12.0 Å². The molecule has 0 fully saturated rings. The molecule has 0 aromatic heterocycles. The van der Waals surface area contributed by atoms with Crippen LogP contribution in [0.15, 0.2) is 18.2 Å². The number of hydrogen-bond donors (Lipinski definition) is 1. The Kier molecular flexibility index (Phi) is 4.71. The molecule has 1 aromatic carbocycles. The fourth-order valence-corrected chi connectivity index (χ4v) is 1.69. The molecular formula is C13H18N2O3. The molecule has 0 aliphatic carbocycles. The maximum absolute atomic E-state index is 11.4. The monoisotopic (exact) mass is 250 g/mol. The molecule has 1 aromatic rings. The van der Waals surface area contributed by atoms with E-state index in [1.807, 2.05) is 13.0 Å². The molecule has 0 bridgehead atoms. The Morgan fingerprint density at radius 1 is 1.50 bits per heavy atom. The number of hydrogen-bond acceptors (Lipinski definition) is 4. The number of benzene rings is 1.